The Kier molecular flexibility index (Phi) is 8.43. The lowest BCUT2D eigenvalue weighted by Gasteiger charge is -2.20. The number of para-hydroxylation sites is 1. The van der Waals surface area contributed by atoms with Gasteiger partial charge in [0.05, 0.1) is 17.6 Å². The molecule has 1 aliphatic carbocycles. The minimum absolute atomic E-state index is 0.0530. The molecule has 5 aromatic rings. The van der Waals surface area contributed by atoms with Crippen LogP contribution >= 0.6 is 23.2 Å². The predicted molar refractivity (Wildman–Crippen MR) is 153 cm³/mol. The average Bonchev–Trinajstić information content (AvgIpc) is 3.74. The maximum absolute atomic E-state index is 8.12. The number of imidazole rings is 1. The molecule has 196 valence electrons. The maximum atomic E-state index is 8.12. The van der Waals surface area contributed by atoms with E-state index in [-0.39, 0.29) is 12.1 Å². The Labute approximate surface area is 237 Å². The highest BCUT2D eigenvalue weighted by atomic mass is 35.5. The third-order valence-electron chi connectivity index (χ3n) is 6.81. The summed E-state index contributed by atoms with van der Waals surface area (Å²) in [6.07, 6.45) is 2.65. The van der Waals surface area contributed by atoms with Crippen LogP contribution in [0.15, 0.2) is 97.1 Å². The molecule has 0 aliphatic heterocycles. The molecule has 5 nitrogen and oxygen atoms in total. The van der Waals surface area contributed by atoms with Gasteiger partial charge in [-0.25, -0.2) is 4.98 Å². The van der Waals surface area contributed by atoms with Gasteiger partial charge in [0.2, 0.25) is 0 Å². The van der Waals surface area contributed by atoms with Gasteiger partial charge in [0.15, 0.2) is 0 Å². The fraction of sp³-hybridized carbons (Fsp3) is 0.188. The number of hydrogen-bond acceptors (Lipinski definition) is 4. The van der Waals surface area contributed by atoms with Crippen molar-refractivity contribution in [2.24, 2.45) is 0 Å². The second-order valence-electron chi connectivity index (χ2n) is 9.43. The van der Waals surface area contributed by atoms with E-state index in [2.05, 4.69) is 47.0 Å². The summed E-state index contributed by atoms with van der Waals surface area (Å²) in [7, 11) is 0. The van der Waals surface area contributed by atoms with E-state index in [4.69, 9.17) is 42.5 Å². The number of fused-ring (bicyclic) bond motifs is 1. The first-order valence-electron chi connectivity index (χ1n) is 12.8. The summed E-state index contributed by atoms with van der Waals surface area (Å²) >= 11 is 12.4. The molecule has 0 N–H and O–H groups in total. The van der Waals surface area contributed by atoms with E-state index >= 15 is 0 Å². The van der Waals surface area contributed by atoms with Gasteiger partial charge in [-0.05, 0) is 78.1 Å². The molecule has 1 aliphatic rings. The zero-order chi connectivity index (χ0) is 27.2. The molecule has 0 saturated heterocycles. The molecule has 1 aromatic heterocycles. The topological polar surface area (TPSA) is 61.2 Å². The van der Waals surface area contributed by atoms with Gasteiger partial charge in [0.25, 0.3) is 0 Å². The van der Waals surface area contributed by atoms with Crippen LogP contribution in [0, 0.1) is 0 Å². The van der Waals surface area contributed by atoms with E-state index in [1.165, 1.54) is 35.4 Å². The number of nitrogens with zero attached hydrogens (tertiary/aromatic N) is 2. The van der Waals surface area contributed by atoms with Gasteiger partial charge < -0.3 is 9.30 Å². The Morgan fingerprint density at radius 1 is 0.821 bits per heavy atom. The fourth-order valence-electron chi connectivity index (χ4n) is 4.89. The van der Waals surface area contributed by atoms with E-state index in [1.807, 2.05) is 54.6 Å². The Morgan fingerprint density at radius 2 is 1.38 bits per heavy atom. The first kappa shape index (κ1) is 26.7. The fourth-order valence-corrected chi connectivity index (χ4v) is 5.14. The van der Waals surface area contributed by atoms with E-state index in [0.29, 0.717) is 12.5 Å². The molecule has 7 heteroatoms. The minimum atomic E-state index is 0.0530. The normalized spacial score (nSPS) is 12.6. The molecule has 4 aromatic carbocycles. The van der Waals surface area contributed by atoms with Crippen molar-refractivity contribution in [3.05, 3.63) is 130 Å². The standard InChI is InChI=1S/C31H26Cl2N2O.CO2/c32-25-13-8-21(9-14-25)30(22-10-15-26(33)16-11-22)24-12-17-28-29(20-24)35(31(34-28)23-6-7-23)18-19-36-27-4-2-1-3-5-27;2-1-3/h1-5,8-17,20,23,30H,6-7,18-19H2;. The van der Waals surface area contributed by atoms with Crippen molar-refractivity contribution >= 4 is 40.4 Å². The van der Waals surface area contributed by atoms with Crippen molar-refractivity contribution in [2.45, 2.75) is 31.2 Å². The summed E-state index contributed by atoms with van der Waals surface area (Å²) in [4.78, 5) is 21.3. The van der Waals surface area contributed by atoms with E-state index in [0.717, 1.165) is 33.4 Å². The molecular formula is C32H26Cl2N2O3. The highest BCUT2D eigenvalue weighted by Crippen LogP contribution is 2.41. The van der Waals surface area contributed by atoms with E-state index < -0.39 is 0 Å². The molecule has 39 heavy (non-hydrogen) atoms. The molecule has 0 atom stereocenters. The quantitative estimate of drug-likeness (QED) is 0.182. The van der Waals surface area contributed by atoms with Crippen LogP contribution in [0.5, 0.6) is 5.75 Å². The van der Waals surface area contributed by atoms with Crippen LogP contribution in [0.2, 0.25) is 10.0 Å². The number of rotatable bonds is 8. The first-order chi connectivity index (χ1) is 19.1. The van der Waals surface area contributed by atoms with Crippen LogP contribution in [0.25, 0.3) is 11.0 Å². The summed E-state index contributed by atoms with van der Waals surface area (Å²) in [5, 5.41) is 1.46. The number of halogens is 2. The Balaban J connectivity index is 0.000000983. The summed E-state index contributed by atoms with van der Waals surface area (Å²) < 4.78 is 8.41. The van der Waals surface area contributed by atoms with Gasteiger partial charge in [-0.3, -0.25) is 0 Å². The van der Waals surface area contributed by atoms with Crippen LogP contribution in [-0.4, -0.2) is 22.3 Å². The summed E-state index contributed by atoms with van der Waals surface area (Å²) in [5.74, 6) is 2.66. The third-order valence-corrected chi connectivity index (χ3v) is 7.32. The molecule has 0 bridgehead atoms. The van der Waals surface area contributed by atoms with Crippen molar-refractivity contribution in [2.75, 3.05) is 6.61 Å². The van der Waals surface area contributed by atoms with Gasteiger partial charge in [-0.15, -0.1) is 0 Å². The van der Waals surface area contributed by atoms with Crippen LogP contribution < -0.4 is 4.74 Å². The lowest BCUT2D eigenvalue weighted by Crippen LogP contribution is -2.11. The third kappa shape index (κ3) is 6.40. The van der Waals surface area contributed by atoms with Crippen molar-refractivity contribution in [1.29, 1.82) is 0 Å². The highest BCUT2D eigenvalue weighted by molar-refractivity contribution is 6.30. The number of ether oxygens (including phenoxy) is 1. The SMILES string of the molecule is Clc1ccc(C(c2ccc(Cl)cc2)c2ccc3nc(C4CC4)n(CCOc4ccccc4)c3c2)cc1.O=C=O. The van der Waals surface area contributed by atoms with Crippen LogP contribution in [0.3, 0.4) is 0 Å². The van der Waals surface area contributed by atoms with Crippen molar-refractivity contribution < 1.29 is 14.3 Å². The second-order valence-corrected chi connectivity index (χ2v) is 10.3. The molecule has 1 fully saturated rings. The number of benzene rings is 4. The largest absolute Gasteiger partial charge is 0.492 e. The molecule has 0 unspecified atom stereocenters. The summed E-state index contributed by atoms with van der Waals surface area (Å²) in [6.45, 7) is 1.35. The highest BCUT2D eigenvalue weighted by Gasteiger charge is 2.30. The maximum Gasteiger partial charge on any atom is 0.373 e. The van der Waals surface area contributed by atoms with E-state index in [1.54, 1.807) is 0 Å². The lowest BCUT2D eigenvalue weighted by atomic mass is 9.85. The molecule has 0 spiro atoms. The Morgan fingerprint density at radius 3 is 1.95 bits per heavy atom. The lowest BCUT2D eigenvalue weighted by molar-refractivity contribution is -0.191. The van der Waals surface area contributed by atoms with Gasteiger partial charge in [-0.1, -0.05) is 71.7 Å². The van der Waals surface area contributed by atoms with Crippen LogP contribution in [0.1, 0.15) is 47.2 Å². The minimum Gasteiger partial charge on any atom is -0.492 e. The molecule has 0 radical (unpaired) electrons. The Hall–Kier alpha value is -3.89. The molecular weight excluding hydrogens is 531 g/mol. The number of hydrogen-bond donors (Lipinski definition) is 0. The van der Waals surface area contributed by atoms with Crippen LogP contribution in [0.4, 0.5) is 0 Å². The van der Waals surface area contributed by atoms with Crippen molar-refractivity contribution in [3.8, 4) is 5.75 Å². The van der Waals surface area contributed by atoms with Crippen molar-refractivity contribution in [3.63, 3.8) is 0 Å². The predicted octanol–water partition coefficient (Wildman–Crippen LogP) is 7.90. The molecule has 1 saturated carbocycles. The average molecular weight is 557 g/mol. The zero-order valence-electron chi connectivity index (χ0n) is 21.1. The first-order valence-corrected chi connectivity index (χ1v) is 13.5. The Bertz CT molecular complexity index is 1530. The van der Waals surface area contributed by atoms with Gasteiger partial charge >= 0.3 is 6.15 Å². The molecule has 0 amide bonds. The van der Waals surface area contributed by atoms with Crippen LogP contribution in [-0.2, 0) is 16.1 Å². The number of aromatic nitrogens is 2. The zero-order valence-corrected chi connectivity index (χ0v) is 22.6. The number of carbonyl (C=O) groups excluding carboxylic acids is 2. The monoisotopic (exact) mass is 556 g/mol. The molecule has 1 heterocycles. The van der Waals surface area contributed by atoms with E-state index in [9.17, 15) is 0 Å². The second kappa shape index (κ2) is 12.3. The van der Waals surface area contributed by atoms with Gasteiger partial charge in [-0.2, -0.15) is 9.59 Å². The smallest absolute Gasteiger partial charge is 0.373 e. The summed E-state index contributed by atoms with van der Waals surface area (Å²) in [6, 6.07) is 32.9. The van der Waals surface area contributed by atoms with Crippen molar-refractivity contribution in [1.82, 2.24) is 9.55 Å². The molecule has 6 rings (SSSR count). The summed E-state index contributed by atoms with van der Waals surface area (Å²) in [5.41, 5.74) is 5.76. The van der Waals surface area contributed by atoms with Gasteiger partial charge in [0.1, 0.15) is 18.2 Å². The van der Waals surface area contributed by atoms with Gasteiger partial charge in [0, 0.05) is 21.9 Å².